The summed E-state index contributed by atoms with van der Waals surface area (Å²) in [5, 5.41) is 13.6. The van der Waals surface area contributed by atoms with Crippen molar-refractivity contribution >= 4 is 37.5 Å². The zero-order chi connectivity index (χ0) is 17.7. The Morgan fingerprint density at radius 2 is 1.92 bits per heavy atom. The Labute approximate surface area is 147 Å². The molecule has 0 amide bonds. The third-order valence-corrected chi connectivity index (χ3v) is 5.02. The maximum absolute atomic E-state index is 12.1. The number of hydrogen-bond acceptors (Lipinski definition) is 6. The van der Waals surface area contributed by atoms with Crippen LogP contribution in [0.2, 0.25) is 0 Å². The number of non-ortho nitro benzene ring substituents is 1. The van der Waals surface area contributed by atoms with E-state index >= 15 is 0 Å². The number of pyridine rings is 1. The smallest absolute Gasteiger partial charge is 0.269 e. The Morgan fingerprint density at radius 1 is 1.25 bits per heavy atom. The number of nitro benzene ring substituents is 1. The molecule has 8 nitrogen and oxygen atoms in total. The number of benzene rings is 1. The van der Waals surface area contributed by atoms with Crippen molar-refractivity contribution in [3.63, 3.8) is 0 Å². The van der Waals surface area contributed by atoms with E-state index in [0.717, 1.165) is 22.2 Å². The quantitative estimate of drug-likeness (QED) is 0.408. The van der Waals surface area contributed by atoms with Gasteiger partial charge in [0, 0.05) is 35.9 Å². The maximum atomic E-state index is 12.1. The first-order valence-electron chi connectivity index (χ1n) is 6.90. The summed E-state index contributed by atoms with van der Waals surface area (Å²) >= 11 is 3.32. The van der Waals surface area contributed by atoms with Crippen LogP contribution in [0.4, 0.5) is 11.5 Å². The van der Waals surface area contributed by atoms with Crippen LogP contribution in [0.1, 0.15) is 5.56 Å². The molecule has 2 rings (SSSR count). The van der Waals surface area contributed by atoms with Gasteiger partial charge >= 0.3 is 0 Å². The van der Waals surface area contributed by atoms with E-state index < -0.39 is 14.9 Å². The normalized spacial score (nSPS) is 11.2. The monoisotopic (exact) mass is 414 g/mol. The zero-order valence-electron chi connectivity index (χ0n) is 12.7. The van der Waals surface area contributed by atoms with Gasteiger partial charge in [-0.25, -0.2) is 18.1 Å². The van der Waals surface area contributed by atoms with E-state index in [1.54, 1.807) is 6.20 Å². The summed E-state index contributed by atoms with van der Waals surface area (Å²) in [6.07, 6.45) is 1.65. The number of hydrogen-bond donors (Lipinski definition) is 2. The first kappa shape index (κ1) is 18.3. The molecule has 0 bridgehead atoms. The molecule has 0 aliphatic carbocycles. The second-order valence-electron chi connectivity index (χ2n) is 4.89. The van der Waals surface area contributed by atoms with Crippen molar-refractivity contribution in [3.05, 3.63) is 56.7 Å². The van der Waals surface area contributed by atoms with E-state index in [9.17, 15) is 18.5 Å². The van der Waals surface area contributed by atoms with Gasteiger partial charge in [-0.2, -0.15) is 0 Å². The molecule has 24 heavy (non-hydrogen) atoms. The van der Waals surface area contributed by atoms with Gasteiger partial charge in [0.2, 0.25) is 10.0 Å². The maximum Gasteiger partial charge on any atom is 0.269 e. The van der Waals surface area contributed by atoms with Gasteiger partial charge in [-0.15, -0.1) is 0 Å². The Hall–Kier alpha value is -2.04. The van der Waals surface area contributed by atoms with Crippen LogP contribution in [0.5, 0.6) is 0 Å². The average Bonchev–Trinajstić information content (AvgIpc) is 2.53. The third kappa shape index (κ3) is 4.73. The SMILES string of the molecule is Cc1cc(Br)cnc1NCCNS(=O)(=O)c1ccc([N+](=O)[O-])cc1. The van der Waals surface area contributed by atoms with Crippen LogP contribution >= 0.6 is 15.9 Å². The largest absolute Gasteiger partial charge is 0.369 e. The summed E-state index contributed by atoms with van der Waals surface area (Å²) in [7, 11) is -3.71. The van der Waals surface area contributed by atoms with Gasteiger partial charge in [-0.3, -0.25) is 10.1 Å². The number of anilines is 1. The summed E-state index contributed by atoms with van der Waals surface area (Å²) in [5.74, 6) is 0.674. The molecule has 1 aromatic carbocycles. The molecule has 0 saturated carbocycles. The van der Waals surface area contributed by atoms with E-state index in [1.165, 1.54) is 12.1 Å². The number of nitro groups is 1. The van der Waals surface area contributed by atoms with Gasteiger partial charge in [0.15, 0.2) is 0 Å². The van der Waals surface area contributed by atoms with Crippen LogP contribution in [-0.2, 0) is 10.0 Å². The van der Waals surface area contributed by atoms with E-state index in [2.05, 4.69) is 31.0 Å². The molecule has 0 fully saturated rings. The van der Waals surface area contributed by atoms with Crippen LogP contribution < -0.4 is 10.0 Å². The fourth-order valence-electron chi connectivity index (χ4n) is 1.92. The predicted octanol–water partition coefficient (Wildman–Crippen LogP) is 2.45. The fraction of sp³-hybridized carbons (Fsp3) is 0.214. The number of aryl methyl sites for hydroxylation is 1. The Morgan fingerprint density at radius 3 is 2.50 bits per heavy atom. The highest BCUT2D eigenvalue weighted by Crippen LogP contribution is 2.17. The highest BCUT2D eigenvalue weighted by Gasteiger charge is 2.15. The Bertz CT molecular complexity index is 840. The molecule has 0 aliphatic heterocycles. The fourth-order valence-corrected chi connectivity index (χ4v) is 3.40. The number of nitrogens with zero attached hydrogens (tertiary/aromatic N) is 2. The van der Waals surface area contributed by atoms with Crippen LogP contribution in [0, 0.1) is 17.0 Å². The third-order valence-electron chi connectivity index (χ3n) is 3.11. The van der Waals surface area contributed by atoms with Gasteiger partial charge in [-0.05, 0) is 46.6 Å². The molecule has 0 atom stereocenters. The first-order valence-corrected chi connectivity index (χ1v) is 9.17. The molecule has 1 heterocycles. The average molecular weight is 415 g/mol. The van der Waals surface area contributed by atoms with Crippen LogP contribution in [0.15, 0.2) is 45.9 Å². The van der Waals surface area contributed by atoms with Crippen molar-refractivity contribution in [2.75, 3.05) is 18.4 Å². The summed E-state index contributed by atoms with van der Waals surface area (Å²) in [5.41, 5.74) is 0.773. The molecule has 0 aliphatic rings. The number of sulfonamides is 1. The van der Waals surface area contributed by atoms with Crippen molar-refractivity contribution in [3.8, 4) is 0 Å². The summed E-state index contributed by atoms with van der Waals surface area (Å²) < 4.78 is 27.5. The van der Waals surface area contributed by atoms with E-state index in [1.807, 2.05) is 13.0 Å². The van der Waals surface area contributed by atoms with Gasteiger partial charge in [0.25, 0.3) is 5.69 Å². The molecule has 10 heteroatoms. The number of aromatic nitrogens is 1. The van der Waals surface area contributed by atoms with Gasteiger partial charge in [-0.1, -0.05) is 0 Å². The van der Waals surface area contributed by atoms with Gasteiger partial charge in [0.05, 0.1) is 9.82 Å². The molecule has 128 valence electrons. The summed E-state index contributed by atoms with van der Waals surface area (Å²) in [4.78, 5) is 14.2. The van der Waals surface area contributed by atoms with Crippen LogP contribution in [0.3, 0.4) is 0 Å². The highest BCUT2D eigenvalue weighted by molar-refractivity contribution is 9.10. The topological polar surface area (TPSA) is 114 Å². The summed E-state index contributed by atoms with van der Waals surface area (Å²) in [6, 6.07) is 6.61. The van der Waals surface area contributed by atoms with Crippen molar-refractivity contribution in [1.29, 1.82) is 0 Å². The van der Waals surface area contributed by atoms with E-state index in [4.69, 9.17) is 0 Å². The molecule has 0 unspecified atom stereocenters. The van der Waals surface area contributed by atoms with E-state index in [0.29, 0.717) is 12.4 Å². The lowest BCUT2D eigenvalue weighted by Crippen LogP contribution is -2.29. The molecule has 1 aromatic heterocycles. The van der Waals surface area contributed by atoms with E-state index in [-0.39, 0.29) is 17.1 Å². The minimum absolute atomic E-state index is 0.0222. The minimum Gasteiger partial charge on any atom is -0.369 e. The molecular formula is C14H15BrN4O4S. The Kier molecular flexibility index (Phi) is 5.86. The van der Waals surface area contributed by atoms with Crippen molar-refractivity contribution < 1.29 is 13.3 Å². The van der Waals surface area contributed by atoms with Crippen molar-refractivity contribution in [1.82, 2.24) is 9.71 Å². The lowest BCUT2D eigenvalue weighted by atomic mass is 10.3. The summed E-state index contributed by atoms with van der Waals surface area (Å²) in [6.45, 7) is 2.39. The molecule has 2 N–H and O–H groups in total. The molecule has 0 saturated heterocycles. The lowest BCUT2D eigenvalue weighted by Gasteiger charge is -2.10. The standard InChI is InChI=1S/C14H15BrN4O4S/c1-10-8-11(15)9-17-14(10)16-6-7-18-24(22,23)13-4-2-12(3-5-13)19(20)21/h2-5,8-9,18H,6-7H2,1H3,(H,16,17). The van der Waals surface area contributed by atoms with Crippen LogP contribution in [0.25, 0.3) is 0 Å². The van der Waals surface area contributed by atoms with Crippen molar-refractivity contribution in [2.24, 2.45) is 0 Å². The predicted molar refractivity (Wildman–Crippen MR) is 93.4 cm³/mol. The molecule has 0 spiro atoms. The number of nitrogens with one attached hydrogen (secondary N) is 2. The first-order chi connectivity index (χ1) is 11.3. The highest BCUT2D eigenvalue weighted by atomic mass is 79.9. The Balaban J connectivity index is 1.91. The number of halogens is 1. The lowest BCUT2D eigenvalue weighted by molar-refractivity contribution is -0.384. The number of rotatable bonds is 7. The molecule has 0 radical (unpaired) electrons. The molecular weight excluding hydrogens is 400 g/mol. The van der Waals surface area contributed by atoms with Gasteiger partial charge < -0.3 is 5.32 Å². The van der Waals surface area contributed by atoms with Gasteiger partial charge in [0.1, 0.15) is 5.82 Å². The zero-order valence-corrected chi connectivity index (χ0v) is 15.1. The van der Waals surface area contributed by atoms with Crippen LogP contribution in [-0.4, -0.2) is 31.4 Å². The van der Waals surface area contributed by atoms with Crippen molar-refractivity contribution in [2.45, 2.75) is 11.8 Å². The molecule has 2 aromatic rings. The second-order valence-corrected chi connectivity index (χ2v) is 7.58. The minimum atomic E-state index is -3.71. The second kappa shape index (κ2) is 7.69.